The van der Waals surface area contributed by atoms with Crippen LogP contribution >= 0.6 is 23.2 Å². The summed E-state index contributed by atoms with van der Waals surface area (Å²) in [5, 5.41) is 18.8. The van der Waals surface area contributed by atoms with Crippen molar-refractivity contribution < 1.29 is 19.8 Å². The molecule has 1 atom stereocenters. The van der Waals surface area contributed by atoms with Crippen molar-refractivity contribution in [2.45, 2.75) is 5.54 Å². The Hall–Kier alpha value is -2.06. The average Bonchev–Trinajstić information content (AvgIpc) is 2.55. The number of aliphatic carboxylic acids is 1. The number of benzene rings is 1. The number of ketones is 1. The molecule has 1 aromatic heterocycles. The van der Waals surface area contributed by atoms with Crippen molar-refractivity contribution in [2.75, 3.05) is 6.61 Å². The summed E-state index contributed by atoms with van der Waals surface area (Å²) in [4.78, 5) is 31.1. The van der Waals surface area contributed by atoms with Crippen LogP contribution in [-0.4, -0.2) is 44.1 Å². The summed E-state index contributed by atoms with van der Waals surface area (Å²) in [6, 6.07) is 5.99. The van der Waals surface area contributed by atoms with Crippen LogP contribution in [0.15, 0.2) is 30.6 Å². The van der Waals surface area contributed by atoms with E-state index in [-0.39, 0.29) is 5.69 Å². The maximum atomic E-state index is 12.2. The highest BCUT2D eigenvalue weighted by atomic mass is 35.5. The molecule has 0 aliphatic carbocycles. The van der Waals surface area contributed by atoms with Gasteiger partial charge >= 0.3 is 5.97 Å². The van der Waals surface area contributed by atoms with Gasteiger partial charge in [-0.1, -0.05) is 29.3 Å². The second kappa shape index (κ2) is 6.59. The highest BCUT2D eigenvalue weighted by molar-refractivity contribution is 6.42. The number of rotatable bonds is 5. The van der Waals surface area contributed by atoms with Crippen molar-refractivity contribution in [3.05, 3.63) is 46.3 Å². The molecule has 0 spiro atoms. The van der Waals surface area contributed by atoms with Crippen molar-refractivity contribution in [1.29, 1.82) is 0 Å². The molecule has 1 heterocycles. The Morgan fingerprint density at radius 1 is 1.17 bits per heavy atom. The minimum atomic E-state index is -2.47. The minimum absolute atomic E-state index is 0.236. The van der Waals surface area contributed by atoms with Crippen molar-refractivity contribution in [3.8, 4) is 11.3 Å². The summed E-state index contributed by atoms with van der Waals surface area (Å²) in [5.41, 5.74) is 3.63. The van der Waals surface area contributed by atoms with Crippen molar-refractivity contribution in [2.24, 2.45) is 5.73 Å². The van der Waals surface area contributed by atoms with E-state index in [1.54, 1.807) is 18.2 Å². The lowest BCUT2D eigenvalue weighted by Crippen LogP contribution is -2.58. The highest BCUT2D eigenvalue weighted by Crippen LogP contribution is 2.27. The predicted molar refractivity (Wildman–Crippen MR) is 83.5 cm³/mol. The topological polar surface area (TPSA) is 126 Å². The Morgan fingerprint density at radius 3 is 2.43 bits per heavy atom. The molecule has 0 saturated heterocycles. The molecule has 23 heavy (non-hydrogen) atoms. The maximum Gasteiger partial charge on any atom is 0.334 e. The van der Waals surface area contributed by atoms with E-state index in [1.807, 2.05) is 0 Å². The first-order valence-electron chi connectivity index (χ1n) is 6.25. The van der Waals surface area contributed by atoms with Gasteiger partial charge in [0.05, 0.1) is 22.3 Å². The highest BCUT2D eigenvalue weighted by Gasteiger charge is 2.43. The molecule has 0 fully saturated rings. The van der Waals surface area contributed by atoms with Crippen LogP contribution in [0.3, 0.4) is 0 Å². The van der Waals surface area contributed by atoms with Crippen LogP contribution in [0, 0.1) is 0 Å². The Morgan fingerprint density at radius 2 is 1.87 bits per heavy atom. The third-order valence-electron chi connectivity index (χ3n) is 3.15. The van der Waals surface area contributed by atoms with Gasteiger partial charge in [-0.3, -0.25) is 4.79 Å². The Kier molecular flexibility index (Phi) is 4.96. The number of hydrogen-bond acceptors (Lipinski definition) is 6. The zero-order chi connectivity index (χ0) is 17.2. The molecule has 7 nitrogen and oxygen atoms in total. The van der Waals surface area contributed by atoms with E-state index in [0.717, 1.165) is 6.33 Å². The van der Waals surface area contributed by atoms with Crippen LogP contribution in [0.1, 0.15) is 10.5 Å². The first kappa shape index (κ1) is 17.3. The number of aliphatic hydroxyl groups is 1. The number of hydrogen-bond donors (Lipinski definition) is 3. The number of carbonyl (C=O) groups excluding carboxylic acids is 1. The molecule has 0 aliphatic rings. The van der Waals surface area contributed by atoms with Gasteiger partial charge in [-0.25, -0.2) is 14.8 Å². The zero-order valence-electron chi connectivity index (χ0n) is 11.5. The fraction of sp³-hybridized carbons (Fsp3) is 0.143. The molecule has 4 N–H and O–H groups in total. The van der Waals surface area contributed by atoms with Gasteiger partial charge in [-0.2, -0.15) is 0 Å². The Labute approximate surface area is 140 Å². The van der Waals surface area contributed by atoms with Crippen LogP contribution in [0.2, 0.25) is 10.0 Å². The number of Topliss-reactive ketones (excluding diaryl/α,β-unsaturated/α-hetero) is 1. The van der Waals surface area contributed by atoms with Crippen molar-refractivity contribution >= 4 is 35.0 Å². The number of carbonyl (C=O) groups is 2. The molecule has 120 valence electrons. The number of nitrogens with zero attached hydrogens (tertiary/aromatic N) is 2. The second-order valence-corrected chi connectivity index (χ2v) is 5.50. The SMILES string of the molecule is N[C@@](CO)(C(=O)O)C(=O)c1cc(-c2ccc(Cl)c(Cl)c2)ncn1. The van der Waals surface area contributed by atoms with Gasteiger partial charge in [0.1, 0.15) is 12.0 Å². The first-order chi connectivity index (χ1) is 10.8. The normalized spacial score (nSPS) is 13.4. The first-order valence-corrected chi connectivity index (χ1v) is 7.00. The minimum Gasteiger partial charge on any atom is -0.479 e. The largest absolute Gasteiger partial charge is 0.479 e. The Bertz CT molecular complexity index is 784. The fourth-order valence-corrected chi connectivity index (χ4v) is 2.06. The molecule has 0 saturated carbocycles. The van der Waals surface area contributed by atoms with Crippen LogP contribution in [0.25, 0.3) is 11.3 Å². The molecule has 2 rings (SSSR count). The molecule has 0 amide bonds. The molecule has 1 aromatic carbocycles. The van der Waals surface area contributed by atoms with E-state index in [4.69, 9.17) is 39.1 Å². The molecule has 0 radical (unpaired) electrons. The molecular formula is C14H11Cl2N3O4. The average molecular weight is 356 g/mol. The van der Waals surface area contributed by atoms with E-state index < -0.39 is 23.9 Å². The quantitative estimate of drug-likeness (QED) is 0.546. The van der Waals surface area contributed by atoms with Gasteiger partial charge in [0.15, 0.2) is 0 Å². The second-order valence-electron chi connectivity index (χ2n) is 4.68. The van der Waals surface area contributed by atoms with Gasteiger partial charge < -0.3 is 15.9 Å². The summed E-state index contributed by atoms with van der Waals surface area (Å²) in [6.07, 6.45) is 1.09. The maximum absolute atomic E-state index is 12.2. The zero-order valence-corrected chi connectivity index (χ0v) is 13.0. The number of nitrogens with two attached hydrogens (primary N) is 1. The molecule has 2 aromatic rings. The lowest BCUT2D eigenvalue weighted by atomic mass is 9.93. The van der Waals surface area contributed by atoms with Crippen LogP contribution in [0.5, 0.6) is 0 Å². The lowest BCUT2D eigenvalue weighted by molar-refractivity contribution is -0.142. The number of carboxylic acid groups (broad SMARTS) is 1. The van der Waals surface area contributed by atoms with E-state index in [1.165, 1.54) is 6.07 Å². The third-order valence-corrected chi connectivity index (χ3v) is 3.89. The number of halogens is 2. The van der Waals surface area contributed by atoms with Crippen molar-refractivity contribution in [3.63, 3.8) is 0 Å². The van der Waals surface area contributed by atoms with Gasteiger partial charge in [-0.05, 0) is 18.2 Å². The Balaban J connectivity index is 2.46. The lowest BCUT2D eigenvalue weighted by Gasteiger charge is -2.19. The van der Waals surface area contributed by atoms with Crippen LogP contribution in [-0.2, 0) is 4.79 Å². The van der Waals surface area contributed by atoms with E-state index in [2.05, 4.69) is 9.97 Å². The molecular weight excluding hydrogens is 345 g/mol. The number of carboxylic acids is 1. The summed E-state index contributed by atoms with van der Waals surface area (Å²) < 4.78 is 0. The number of aliphatic hydroxyl groups excluding tert-OH is 1. The predicted octanol–water partition coefficient (Wildman–Crippen LogP) is 1.41. The van der Waals surface area contributed by atoms with Gasteiger partial charge in [-0.15, -0.1) is 0 Å². The summed E-state index contributed by atoms with van der Waals surface area (Å²) in [5.74, 6) is -2.68. The van der Waals surface area contributed by atoms with Crippen molar-refractivity contribution in [1.82, 2.24) is 9.97 Å². The van der Waals surface area contributed by atoms with E-state index in [9.17, 15) is 9.59 Å². The van der Waals surface area contributed by atoms with Gasteiger partial charge in [0, 0.05) is 5.56 Å². The summed E-state index contributed by atoms with van der Waals surface area (Å²) in [7, 11) is 0. The van der Waals surface area contributed by atoms with Crippen LogP contribution in [0.4, 0.5) is 0 Å². The summed E-state index contributed by atoms with van der Waals surface area (Å²) >= 11 is 11.8. The summed E-state index contributed by atoms with van der Waals surface area (Å²) in [6.45, 7) is -1.06. The van der Waals surface area contributed by atoms with E-state index in [0.29, 0.717) is 21.3 Å². The fourth-order valence-electron chi connectivity index (χ4n) is 1.76. The molecule has 0 unspecified atom stereocenters. The third kappa shape index (κ3) is 3.32. The standard InChI is InChI=1S/C14H11Cl2N3O4/c15-8-2-1-7(3-9(8)16)10-4-11(19-6-18-10)12(21)14(17,5-20)13(22)23/h1-4,6,20H,5,17H2,(H,22,23)/t14-/m1/s1. The van der Waals surface area contributed by atoms with Gasteiger partial charge in [0.2, 0.25) is 11.3 Å². The number of aromatic nitrogens is 2. The van der Waals surface area contributed by atoms with E-state index >= 15 is 0 Å². The van der Waals surface area contributed by atoms with Gasteiger partial charge in [0.25, 0.3) is 0 Å². The molecule has 0 aliphatic heterocycles. The monoisotopic (exact) mass is 355 g/mol. The smallest absolute Gasteiger partial charge is 0.334 e. The molecule has 0 bridgehead atoms. The van der Waals surface area contributed by atoms with Crippen LogP contribution < -0.4 is 5.73 Å². The molecule has 9 heteroatoms.